The zero-order valence-electron chi connectivity index (χ0n) is 10.5. The normalized spacial score (nSPS) is 12.6. The predicted molar refractivity (Wildman–Crippen MR) is 75.9 cm³/mol. The number of hydrogen-bond acceptors (Lipinski definition) is 4. The number of nitrogens with two attached hydrogens (primary N) is 1. The van der Waals surface area contributed by atoms with Gasteiger partial charge in [0, 0.05) is 12.7 Å². The van der Waals surface area contributed by atoms with Gasteiger partial charge in [0.25, 0.3) is 0 Å². The van der Waals surface area contributed by atoms with E-state index in [4.69, 9.17) is 29.0 Å². The highest BCUT2D eigenvalue weighted by Crippen LogP contribution is 2.27. The van der Waals surface area contributed by atoms with Crippen molar-refractivity contribution in [3.63, 3.8) is 0 Å². The molecule has 0 fully saturated rings. The summed E-state index contributed by atoms with van der Waals surface area (Å²) in [6.45, 7) is 2.85. The van der Waals surface area contributed by atoms with Crippen molar-refractivity contribution >= 4 is 23.2 Å². The third-order valence-corrected chi connectivity index (χ3v) is 3.27. The average Bonchev–Trinajstić information content (AvgIpc) is 2.76. The number of rotatable bonds is 5. The van der Waals surface area contributed by atoms with E-state index in [0.717, 1.165) is 24.4 Å². The monoisotopic (exact) mass is 299 g/mol. The Morgan fingerprint density at radius 1 is 1.37 bits per heavy atom. The fraction of sp³-hybridized carbons (Fsp3) is 0.333. The zero-order chi connectivity index (χ0) is 13.8. The van der Waals surface area contributed by atoms with Crippen LogP contribution in [0.5, 0.6) is 0 Å². The number of nitrogens with one attached hydrogen (secondary N) is 1. The molecule has 1 unspecified atom stereocenters. The SMILES string of the molecule is CCCn1ncc(Cl)c1C(NN)c1ccc(Cl)cn1. The minimum Gasteiger partial charge on any atom is -0.270 e. The molecule has 0 aliphatic rings. The van der Waals surface area contributed by atoms with Crippen LogP contribution >= 0.6 is 23.2 Å². The third kappa shape index (κ3) is 3.06. The number of hydrazine groups is 1. The number of hydrogen-bond donors (Lipinski definition) is 2. The number of aromatic nitrogens is 3. The van der Waals surface area contributed by atoms with Crippen LogP contribution in [0.3, 0.4) is 0 Å². The van der Waals surface area contributed by atoms with Crippen LogP contribution in [0.15, 0.2) is 24.5 Å². The molecule has 5 nitrogen and oxygen atoms in total. The molecule has 0 aromatic carbocycles. The Balaban J connectivity index is 2.41. The van der Waals surface area contributed by atoms with Gasteiger partial charge in [-0.15, -0.1) is 0 Å². The van der Waals surface area contributed by atoms with Crippen molar-refractivity contribution in [3.05, 3.63) is 46.0 Å². The first-order valence-corrected chi connectivity index (χ1v) is 6.71. The van der Waals surface area contributed by atoms with E-state index in [9.17, 15) is 0 Å². The third-order valence-electron chi connectivity index (χ3n) is 2.75. The van der Waals surface area contributed by atoms with Gasteiger partial charge in [0.15, 0.2) is 0 Å². The molecule has 7 heteroatoms. The van der Waals surface area contributed by atoms with E-state index < -0.39 is 0 Å². The van der Waals surface area contributed by atoms with Crippen molar-refractivity contribution < 1.29 is 0 Å². The summed E-state index contributed by atoms with van der Waals surface area (Å²) >= 11 is 12.0. The summed E-state index contributed by atoms with van der Waals surface area (Å²) in [6.07, 6.45) is 4.15. The molecule has 2 rings (SSSR count). The highest BCUT2D eigenvalue weighted by atomic mass is 35.5. The standard InChI is InChI=1S/C12H15Cl2N5/c1-2-5-19-12(9(14)7-17-19)11(18-15)10-4-3-8(13)6-16-10/h3-4,6-7,11,18H,2,5,15H2,1H3. The van der Waals surface area contributed by atoms with Crippen LogP contribution in [-0.2, 0) is 6.54 Å². The fourth-order valence-corrected chi connectivity index (χ4v) is 2.27. The van der Waals surface area contributed by atoms with Crippen molar-refractivity contribution in [1.29, 1.82) is 0 Å². The molecule has 3 N–H and O–H groups in total. The number of halogens is 2. The second kappa shape index (κ2) is 6.34. The van der Waals surface area contributed by atoms with Crippen LogP contribution in [-0.4, -0.2) is 14.8 Å². The van der Waals surface area contributed by atoms with Crippen LogP contribution in [0.2, 0.25) is 10.0 Å². The molecule has 2 heterocycles. The second-order valence-corrected chi connectivity index (χ2v) is 4.95. The molecule has 0 aliphatic heterocycles. The van der Waals surface area contributed by atoms with Gasteiger partial charge in [-0.05, 0) is 18.6 Å². The maximum atomic E-state index is 6.20. The second-order valence-electron chi connectivity index (χ2n) is 4.10. The smallest absolute Gasteiger partial charge is 0.106 e. The van der Waals surface area contributed by atoms with Crippen molar-refractivity contribution in [2.75, 3.05) is 0 Å². The molecule has 0 aliphatic carbocycles. The summed E-state index contributed by atoms with van der Waals surface area (Å²) in [5.41, 5.74) is 4.28. The van der Waals surface area contributed by atoms with E-state index in [-0.39, 0.29) is 6.04 Å². The number of pyridine rings is 1. The molecule has 102 valence electrons. The quantitative estimate of drug-likeness (QED) is 0.657. The van der Waals surface area contributed by atoms with Gasteiger partial charge < -0.3 is 0 Å². The molecule has 0 saturated heterocycles. The van der Waals surface area contributed by atoms with Gasteiger partial charge in [-0.1, -0.05) is 30.1 Å². The maximum absolute atomic E-state index is 6.20. The Morgan fingerprint density at radius 2 is 2.16 bits per heavy atom. The fourth-order valence-electron chi connectivity index (χ4n) is 1.91. The molecule has 0 amide bonds. The zero-order valence-corrected chi connectivity index (χ0v) is 12.0. The molecular weight excluding hydrogens is 285 g/mol. The van der Waals surface area contributed by atoms with E-state index in [1.54, 1.807) is 18.5 Å². The maximum Gasteiger partial charge on any atom is 0.106 e. The van der Waals surface area contributed by atoms with E-state index >= 15 is 0 Å². The minimum absolute atomic E-state index is 0.321. The van der Waals surface area contributed by atoms with Crippen LogP contribution in [0.1, 0.15) is 30.8 Å². The molecule has 1 atom stereocenters. The first kappa shape index (κ1) is 14.3. The van der Waals surface area contributed by atoms with Gasteiger partial charge in [-0.3, -0.25) is 15.5 Å². The van der Waals surface area contributed by atoms with Crippen LogP contribution in [0.4, 0.5) is 0 Å². The predicted octanol–water partition coefficient (Wildman–Crippen LogP) is 2.55. The van der Waals surface area contributed by atoms with Crippen molar-refractivity contribution in [2.45, 2.75) is 25.9 Å². The van der Waals surface area contributed by atoms with Gasteiger partial charge in [-0.25, -0.2) is 5.43 Å². The molecule has 2 aromatic rings. The number of aryl methyl sites for hydroxylation is 1. The Bertz CT molecular complexity index is 538. The Labute approximate surface area is 121 Å². The Morgan fingerprint density at radius 3 is 2.74 bits per heavy atom. The lowest BCUT2D eigenvalue weighted by Crippen LogP contribution is -2.31. The first-order chi connectivity index (χ1) is 9.17. The van der Waals surface area contributed by atoms with Gasteiger partial charge in [0.1, 0.15) is 6.04 Å². The summed E-state index contributed by atoms with van der Waals surface area (Å²) in [5.74, 6) is 5.65. The molecule has 0 bridgehead atoms. The van der Waals surface area contributed by atoms with Gasteiger partial charge in [-0.2, -0.15) is 5.10 Å². The highest BCUT2D eigenvalue weighted by Gasteiger charge is 2.22. The molecule has 19 heavy (non-hydrogen) atoms. The summed E-state index contributed by atoms with van der Waals surface area (Å²) < 4.78 is 1.84. The largest absolute Gasteiger partial charge is 0.270 e. The van der Waals surface area contributed by atoms with E-state index in [1.165, 1.54) is 0 Å². The minimum atomic E-state index is -0.321. The first-order valence-electron chi connectivity index (χ1n) is 5.96. The molecule has 2 aromatic heterocycles. The average molecular weight is 300 g/mol. The van der Waals surface area contributed by atoms with Crippen molar-refractivity contribution in [2.24, 2.45) is 5.84 Å². The van der Waals surface area contributed by atoms with Crippen molar-refractivity contribution in [3.8, 4) is 0 Å². The highest BCUT2D eigenvalue weighted by molar-refractivity contribution is 6.31. The van der Waals surface area contributed by atoms with Crippen LogP contribution in [0.25, 0.3) is 0 Å². The molecule has 0 radical (unpaired) electrons. The molecule has 0 saturated carbocycles. The molecular formula is C12H15Cl2N5. The summed E-state index contributed by atoms with van der Waals surface area (Å²) in [7, 11) is 0. The van der Waals surface area contributed by atoms with Gasteiger partial charge in [0.05, 0.1) is 27.6 Å². The number of nitrogens with zero attached hydrogens (tertiary/aromatic N) is 3. The molecule has 0 spiro atoms. The lowest BCUT2D eigenvalue weighted by molar-refractivity contribution is 0.515. The topological polar surface area (TPSA) is 68.8 Å². The van der Waals surface area contributed by atoms with E-state index in [1.807, 2.05) is 10.7 Å². The summed E-state index contributed by atoms with van der Waals surface area (Å²) in [4.78, 5) is 4.27. The lowest BCUT2D eigenvalue weighted by Gasteiger charge is -2.17. The van der Waals surface area contributed by atoms with Gasteiger partial charge in [0.2, 0.25) is 0 Å². The lowest BCUT2D eigenvalue weighted by atomic mass is 10.1. The Kier molecular flexibility index (Phi) is 4.76. The van der Waals surface area contributed by atoms with E-state index in [0.29, 0.717) is 10.0 Å². The van der Waals surface area contributed by atoms with Gasteiger partial charge >= 0.3 is 0 Å². The van der Waals surface area contributed by atoms with E-state index in [2.05, 4.69) is 22.4 Å². The van der Waals surface area contributed by atoms with Crippen LogP contribution in [0, 0.1) is 0 Å². The Hall–Kier alpha value is -1.14. The van der Waals surface area contributed by atoms with Crippen LogP contribution < -0.4 is 11.3 Å². The summed E-state index contributed by atoms with van der Waals surface area (Å²) in [6, 6.07) is 3.26. The van der Waals surface area contributed by atoms with Crippen molar-refractivity contribution in [1.82, 2.24) is 20.2 Å². The summed E-state index contributed by atoms with van der Waals surface area (Å²) in [5, 5.41) is 5.39.